The minimum Gasteiger partial charge on any atom is -0.480 e. The molecule has 4 saturated carbocycles. The molecule has 0 aromatic heterocycles. The lowest BCUT2D eigenvalue weighted by Gasteiger charge is -2.59. The fourth-order valence-corrected chi connectivity index (χ4v) is 7.21. The Morgan fingerprint density at radius 3 is 2.33 bits per heavy atom. The highest BCUT2D eigenvalue weighted by atomic mass is 35.5. The van der Waals surface area contributed by atoms with Gasteiger partial charge in [0, 0.05) is 23.2 Å². The molecule has 4 fully saturated rings. The van der Waals surface area contributed by atoms with Gasteiger partial charge in [0.2, 0.25) is 18.0 Å². The first-order chi connectivity index (χ1) is 18.6. The van der Waals surface area contributed by atoms with E-state index >= 15 is 0 Å². The Balaban J connectivity index is 1.26. The monoisotopic (exact) mass is 547 g/mol. The van der Waals surface area contributed by atoms with E-state index < -0.39 is 11.5 Å². The fourth-order valence-electron chi connectivity index (χ4n) is 7.09. The predicted octanol–water partition coefficient (Wildman–Crippen LogP) is 4.58. The topological polar surface area (TPSA) is 130 Å². The number of aliphatic imine (C=N–C) groups is 1. The Hall–Kier alpha value is -3.57. The van der Waals surface area contributed by atoms with Crippen molar-refractivity contribution in [3.8, 4) is 11.9 Å². The van der Waals surface area contributed by atoms with Gasteiger partial charge in [0.15, 0.2) is 11.4 Å². The minimum atomic E-state index is -0.864. The number of amides is 2. The first-order valence-corrected chi connectivity index (χ1v) is 13.8. The number of hydrogen-bond acceptors (Lipinski definition) is 5. The van der Waals surface area contributed by atoms with Crippen LogP contribution in [0.25, 0.3) is 0 Å². The molecule has 2 amide bonds. The summed E-state index contributed by atoms with van der Waals surface area (Å²) in [5.74, 6) is 1.92. The van der Waals surface area contributed by atoms with Crippen LogP contribution >= 0.6 is 11.6 Å². The van der Waals surface area contributed by atoms with Crippen LogP contribution in [0.2, 0.25) is 5.02 Å². The summed E-state index contributed by atoms with van der Waals surface area (Å²) in [6.45, 7) is 4.20. The van der Waals surface area contributed by atoms with Crippen LogP contribution in [0.3, 0.4) is 0 Å². The van der Waals surface area contributed by atoms with Crippen molar-refractivity contribution in [2.45, 2.75) is 64.1 Å². The van der Waals surface area contributed by atoms with E-state index in [-0.39, 0.29) is 17.4 Å². The molecule has 0 saturated heterocycles. The molecule has 2 aromatic carbocycles. The summed E-state index contributed by atoms with van der Waals surface area (Å²) in [6.07, 6.45) is 6.61. The third-order valence-electron chi connectivity index (χ3n) is 8.67. The predicted molar refractivity (Wildman–Crippen MR) is 149 cm³/mol. The Kier molecular flexibility index (Phi) is 7.30. The minimum absolute atomic E-state index is 0.108. The van der Waals surface area contributed by atoms with E-state index in [1.807, 2.05) is 32.2 Å². The second-order valence-corrected chi connectivity index (χ2v) is 12.2. The van der Waals surface area contributed by atoms with Crippen LogP contribution in [-0.2, 0) is 11.3 Å². The molecule has 39 heavy (non-hydrogen) atoms. The Bertz CT molecular complexity index is 1300. The van der Waals surface area contributed by atoms with Gasteiger partial charge in [0.05, 0.1) is 5.41 Å². The number of nitrogens with zero attached hydrogens (tertiary/aromatic N) is 2. The van der Waals surface area contributed by atoms with Gasteiger partial charge in [0.1, 0.15) is 5.75 Å². The van der Waals surface area contributed by atoms with E-state index in [1.54, 1.807) is 36.4 Å². The highest BCUT2D eigenvalue weighted by Gasteiger charge is 2.58. The summed E-state index contributed by atoms with van der Waals surface area (Å²) in [6, 6.07) is 14.3. The molecule has 4 aliphatic carbocycles. The van der Waals surface area contributed by atoms with Crippen LogP contribution in [0.5, 0.6) is 5.75 Å². The number of nitriles is 1. The van der Waals surface area contributed by atoms with Crippen molar-refractivity contribution in [1.82, 2.24) is 10.6 Å². The number of halogens is 1. The van der Waals surface area contributed by atoms with Crippen LogP contribution in [0.1, 0.15) is 61.9 Å². The van der Waals surface area contributed by atoms with Crippen LogP contribution in [-0.4, -0.2) is 29.3 Å². The number of nitrogens with one attached hydrogen (secondary N) is 2. The number of ether oxygens (including phenoxy) is 1. The lowest BCUT2D eigenvalue weighted by atomic mass is 9.47. The molecule has 204 valence electrons. The zero-order valence-electron chi connectivity index (χ0n) is 22.2. The molecule has 0 aliphatic heterocycles. The van der Waals surface area contributed by atoms with Gasteiger partial charge in [-0.15, -0.1) is 0 Å². The Morgan fingerprint density at radius 1 is 1.10 bits per heavy atom. The number of benzene rings is 2. The number of carbonyl (C=O) groups is 2. The maximum atomic E-state index is 13.6. The smallest absolute Gasteiger partial charge is 0.248 e. The molecule has 4 N–H and O–H groups in total. The number of primary amides is 1. The second kappa shape index (κ2) is 10.5. The molecule has 0 spiro atoms. The number of rotatable bonds is 8. The van der Waals surface area contributed by atoms with Gasteiger partial charge in [-0.25, -0.2) is 0 Å². The van der Waals surface area contributed by atoms with Crippen molar-refractivity contribution in [2.75, 3.05) is 0 Å². The van der Waals surface area contributed by atoms with E-state index in [0.29, 0.717) is 46.5 Å². The van der Waals surface area contributed by atoms with Crippen LogP contribution in [0, 0.1) is 34.6 Å². The summed E-state index contributed by atoms with van der Waals surface area (Å²) in [7, 11) is 0. The van der Waals surface area contributed by atoms with Gasteiger partial charge in [-0.2, -0.15) is 10.3 Å². The number of amidine groups is 1. The van der Waals surface area contributed by atoms with E-state index in [1.165, 1.54) is 0 Å². The number of nitrogens with two attached hydrogens (primary N) is 1. The van der Waals surface area contributed by atoms with E-state index in [0.717, 1.165) is 37.7 Å². The molecule has 4 aliphatic rings. The van der Waals surface area contributed by atoms with Crippen LogP contribution in [0.15, 0.2) is 53.5 Å². The van der Waals surface area contributed by atoms with Gasteiger partial charge >= 0.3 is 0 Å². The van der Waals surface area contributed by atoms with Gasteiger partial charge in [-0.1, -0.05) is 23.7 Å². The molecule has 2 unspecified atom stereocenters. The molecule has 8 nitrogen and oxygen atoms in total. The number of carbonyl (C=O) groups excluding carboxylic acids is 2. The molecule has 9 heteroatoms. The fraction of sp³-hybridized carbons (Fsp3) is 0.467. The highest BCUT2D eigenvalue weighted by molar-refractivity contribution is 6.30. The summed E-state index contributed by atoms with van der Waals surface area (Å²) in [5, 5.41) is 16.9. The molecule has 0 radical (unpaired) electrons. The van der Waals surface area contributed by atoms with Crippen molar-refractivity contribution < 1.29 is 14.3 Å². The standard InChI is InChI=1S/C30H34ClN5O3/c1-29(2,39-24-9-7-23(31)8-10-24)27(35-17-32)36-25-21-11-19-12-22(25)15-30(13-19,14-21)28(38)34-16-18-3-5-20(6-4-18)26(33)37/h3-10,19,21-22,25H,11-16H2,1-2H3,(H2,33,37)(H,34,38)(H,35,36). The normalized spacial score (nSPS) is 27.5. The average Bonchev–Trinajstić information content (AvgIpc) is 2.89. The maximum Gasteiger partial charge on any atom is 0.248 e. The average molecular weight is 548 g/mol. The second-order valence-electron chi connectivity index (χ2n) is 11.8. The quantitative estimate of drug-likeness (QED) is 0.253. The van der Waals surface area contributed by atoms with Crippen LogP contribution < -0.4 is 21.1 Å². The van der Waals surface area contributed by atoms with Crippen molar-refractivity contribution >= 4 is 29.3 Å². The summed E-state index contributed by atoms with van der Waals surface area (Å²) >= 11 is 6.02. The third kappa shape index (κ3) is 5.60. The van der Waals surface area contributed by atoms with Crippen LogP contribution in [0.4, 0.5) is 0 Å². The summed E-state index contributed by atoms with van der Waals surface area (Å²) < 4.78 is 6.22. The SMILES string of the molecule is CC(C)(Oc1ccc(Cl)cc1)/C(=N/C#N)NC1C2CC3CC1CC(C(=O)NCc1ccc(C(N)=O)cc1)(C3)C2. The van der Waals surface area contributed by atoms with Gasteiger partial charge in [-0.3, -0.25) is 9.59 Å². The Labute approximate surface area is 234 Å². The largest absolute Gasteiger partial charge is 0.480 e. The maximum absolute atomic E-state index is 13.6. The molecule has 6 rings (SSSR count). The highest BCUT2D eigenvalue weighted by Crippen LogP contribution is 2.60. The van der Waals surface area contributed by atoms with E-state index in [2.05, 4.69) is 15.6 Å². The lowest BCUT2D eigenvalue weighted by Crippen LogP contribution is -2.64. The Morgan fingerprint density at radius 2 is 1.74 bits per heavy atom. The first kappa shape index (κ1) is 27.0. The molecule has 0 heterocycles. The first-order valence-electron chi connectivity index (χ1n) is 13.4. The van der Waals surface area contributed by atoms with Gasteiger partial charge in [-0.05, 0) is 106 Å². The molecular weight excluding hydrogens is 514 g/mol. The number of hydrogen-bond donors (Lipinski definition) is 3. The van der Waals surface area contributed by atoms with Crippen molar-refractivity contribution in [2.24, 2.45) is 33.9 Å². The molecular formula is C30H34ClN5O3. The van der Waals surface area contributed by atoms with Crippen molar-refractivity contribution in [3.63, 3.8) is 0 Å². The molecule has 4 bridgehead atoms. The molecule has 2 atom stereocenters. The van der Waals surface area contributed by atoms with Crippen molar-refractivity contribution in [1.29, 1.82) is 5.26 Å². The van der Waals surface area contributed by atoms with Gasteiger partial charge < -0.3 is 21.1 Å². The van der Waals surface area contributed by atoms with Crippen molar-refractivity contribution in [3.05, 3.63) is 64.7 Å². The van der Waals surface area contributed by atoms with E-state index in [4.69, 9.17) is 22.1 Å². The molecule has 2 aromatic rings. The third-order valence-corrected chi connectivity index (χ3v) is 8.92. The zero-order chi connectivity index (χ0) is 27.8. The van der Waals surface area contributed by atoms with Gasteiger partial charge in [0.25, 0.3) is 0 Å². The van der Waals surface area contributed by atoms with E-state index in [9.17, 15) is 14.9 Å². The zero-order valence-corrected chi connectivity index (χ0v) is 23.0. The lowest BCUT2D eigenvalue weighted by molar-refractivity contribution is -0.149. The summed E-state index contributed by atoms with van der Waals surface area (Å²) in [5.41, 5.74) is 5.47. The summed E-state index contributed by atoms with van der Waals surface area (Å²) in [4.78, 5) is 29.0.